The number of aliphatic hydroxyl groups excluding tert-OH is 1. The van der Waals surface area contributed by atoms with Crippen LogP contribution in [0.25, 0.3) is 10.6 Å². The molecule has 0 unspecified atom stereocenters. The highest BCUT2D eigenvalue weighted by molar-refractivity contribution is 7.15. The largest absolute Gasteiger partial charge is 0.507 e. The van der Waals surface area contributed by atoms with E-state index in [9.17, 15) is 19.4 Å². The summed E-state index contributed by atoms with van der Waals surface area (Å²) in [5.74, 6) is -1.60. The number of benzene rings is 1. The first-order chi connectivity index (χ1) is 13.3. The quantitative estimate of drug-likeness (QED) is 0.711. The first-order valence-electron chi connectivity index (χ1n) is 9.00. The lowest BCUT2D eigenvalue weighted by molar-refractivity contribution is 0.0964. The molecule has 0 atom stereocenters. The molecule has 0 aliphatic carbocycles. The highest BCUT2D eigenvalue weighted by Gasteiger charge is 2.22. The van der Waals surface area contributed by atoms with E-state index in [0.29, 0.717) is 35.1 Å². The Hall–Kier alpha value is -2.58. The minimum absolute atomic E-state index is 0.0965. The molecule has 1 amide bonds. The number of rotatable bonds is 5. The Kier molecular flexibility index (Phi) is 5.90. The van der Waals surface area contributed by atoms with E-state index in [4.69, 9.17) is 0 Å². The number of thiazole rings is 1. The van der Waals surface area contributed by atoms with E-state index in [1.807, 2.05) is 13.8 Å². The van der Waals surface area contributed by atoms with Gasteiger partial charge in [-0.1, -0.05) is 6.92 Å². The van der Waals surface area contributed by atoms with Crippen LogP contribution in [0.2, 0.25) is 0 Å². The second kappa shape index (κ2) is 8.20. The number of hydrogen-bond acceptors (Lipinski definition) is 6. The van der Waals surface area contributed by atoms with Gasteiger partial charge in [0.05, 0.1) is 29.3 Å². The fraction of sp³-hybridized carbons (Fsp3) is 0.350. The van der Waals surface area contributed by atoms with Gasteiger partial charge in [0, 0.05) is 17.0 Å². The number of amides is 1. The van der Waals surface area contributed by atoms with Gasteiger partial charge < -0.3 is 15.5 Å². The van der Waals surface area contributed by atoms with Crippen molar-refractivity contribution < 1.29 is 19.4 Å². The van der Waals surface area contributed by atoms with Crippen molar-refractivity contribution in [2.45, 2.75) is 40.2 Å². The highest BCUT2D eigenvalue weighted by Crippen LogP contribution is 2.34. The Bertz CT molecular complexity index is 973. The maximum absolute atomic E-state index is 14.7. The second-order valence-electron chi connectivity index (χ2n) is 6.58. The molecule has 1 aromatic carbocycles. The topological polar surface area (TPSA) is 94.8 Å². The maximum Gasteiger partial charge on any atom is 0.259 e. The first-order valence-corrected chi connectivity index (χ1v) is 9.82. The molecule has 3 rings (SSSR count). The van der Waals surface area contributed by atoms with Crippen molar-refractivity contribution in [3.05, 3.63) is 45.4 Å². The minimum Gasteiger partial charge on any atom is -0.507 e. The zero-order valence-electron chi connectivity index (χ0n) is 16.0. The SMILES string of the molecule is CCc1sc(-c2cc(O)c(C(=O)NC3=C(C)CCN=C3C)cc2F)nc1CO. The van der Waals surface area contributed by atoms with Gasteiger partial charge in [-0.25, -0.2) is 9.37 Å². The maximum atomic E-state index is 14.7. The molecule has 0 radical (unpaired) electrons. The van der Waals surface area contributed by atoms with Crippen LogP contribution in [0.15, 0.2) is 28.4 Å². The lowest BCUT2D eigenvalue weighted by atomic mass is 10.0. The first kappa shape index (κ1) is 20.2. The molecule has 0 bridgehead atoms. The number of nitrogens with one attached hydrogen (secondary N) is 1. The van der Waals surface area contributed by atoms with E-state index in [1.54, 1.807) is 6.92 Å². The van der Waals surface area contributed by atoms with Crippen LogP contribution in [0.3, 0.4) is 0 Å². The van der Waals surface area contributed by atoms with E-state index < -0.39 is 11.7 Å². The van der Waals surface area contributed by atoms with Crippen molar-refractivity contribution in [1.29, 1.82) is 0 Å². The molecular weight excluding hydrogens is 381 g/mol. The summed E-state index contributed by atoms with van der Waals surface area (Å²) < 4.78 is 14.7. The van der Waals surface area contributed by atoms with Crippen molar-refractivity contribution >= 4 is 23.0 Å². The predicted molar refractivity (Wildman–Crippen MR) is 107 cm³/mol. The summed E-state index contributed by atoms with van der Waals surface area (Å²) in [4.78, 5) is 22.0. The fourth-order valence-electron chi connectivity index (χ4n) is 3.09. The molecule has 0 fully saturated rings. The number of phenols is 1. The summed E-state index contributed by atoms with van der Waals surface area (Å²) in [6.07, 6.45) is 1.40. The number of carbonyl (C=O) groups excluding carboxylic acids is 1. The number of dihydropyridines is 1. The number of aryl methyl sites for hydroxylation is 1. The molecule has 2 heterocycles. The van der Waals surface area contributed by atoms with Crippen LogP contribution in [0.5, 0.6) is 5.75 Å². The molecule has 0 spiro atoms. The second-order valence-corrected chi connectivity index (χ2v) is 7.66. The van der Waals surface area contributed by atoms with Gasteiger partial charge in [0.1, 0.15) is 16.6 Å². The van der Waals surface area contributed by atoms with Gasteiger partial charge in [0.15, 0.2) is 0 Å². The van der Waals surface area contributed by atoms with E-state index in [0.717, 1.165) is 22.9 Å². The van der Waals surface area contributed by atoms with E-state index in [-0.39, 0.29) is 23.5 Å². The summed E-state index contributed by atoms with van der Waals surface area (Å²) in [5.41, 5.74) is 2.75. The summed E-state index contributed by atoms with van der Waals surface area (Å²) in [5, 5.41) is 22.8. The van der Waals surface area contributed by atoms with Crippen LogP contribution in [0.1, 0.15) is 48.1 Å². The van der Waals surface area contributed by atoms with Crippen LogP contribution in [0.4, 0.5) is 4.39 Å². The standard InChI is InChI=1S/C20H22FN3O3S/c1-4-17-15(9-25)23-20(28-17)12-8-16(26)13(7-14(12)21)19(27)24-18-10(2)5-6-22-11(18)3/h7-8,25-26H,4-6,9H2,1-3H3,(H,24,27). The van der Waals surface area contributed by atoms with Gasteiger partial charge in [-0.15, -0.1) is 11.3 Å². The van der Waals surface area contributed by atoms with E-state index in [2.05, 4.69) is 15.3 Å². The third kappa shape index (κ3) is 3.83. The summed E-state index contributed by atoms with van der Waals surface area (Å²) >= 11 is 1.26. The van der Waals surface area contributed by atoms with Crippen LogP contribution >= 0.6 is 11.3 Å². The third-order valence-electron chi connectivity index (χ3n) is 4.67. The number of aromatic hydroxyl groups is 1. The molecule has 3 N–H and O–H groups in total. The van der Waals surface area contributed by atoms with Crippen LogP contribution in [-0.2, 0) is 13.0 Å². The van der Waals surface area contributed by atoms with Crippen LogP contribution < -0.4 is 5.32 Å². The molecule has 148 valence electrons. The number of allylic oxidation sites excluding steroid dienone is 1. The monoisotopic (exact) mass is 403 g/mol. The molecule has 6 nitrogen and oxygen atoms in total. The number of aliphatic hydroxyl groups is 1. The smallest absolute Gasteiger partial charge is 0.259 e. The average Bonchev–Trinajstić information content (AvgIpc) is 3.09. The highest BCUT2D eigenvalue weighted by atomic mass is 32.1. The van der Waals surface area contributed by atoms with Gasteiger partial charge in [0.2, 0.25) is 0 Å². The summed E-state index contributed by atoms with van der Waals surface area (Å²) in [6, 6.07) is 2.21. The lowest BCUT2D eigenvalue weighted by Crippen LogP contribution is -2.29. The molecule has 28 heavy (non-hydrogen) atoms. The number of aliphatic imine (C=N–C) groups is 1. The number of nitrogens with zero attached hydrogens (tertiary/aromatic N) is 2. The predicted octanol–water partition coefficient (Wildman–Crippen LogP) is 3.58. The van der Waals surface area contributed by atoms with Crippen molar-refractivity contribution in [2.75, 3.05) is 6.54 Å². The molecule has 0 saturated carbocycles. The Balaban J connectivity index is 1.93. The average molecular weight is 403 g/mol. The lowest BCUT2D eigenvalue weighted by Gasteiger charge is -2.18. The Morgan fingerprint density at radius 1 is 1.36 bits per heavy atom. The molecule has 2 aromatic rings. The molecule has 8 heteroatoms. The Labute approximate surface area is 166 Å². The molecular formula is C20H22FN3O3S. The zero-order valence-corrected chi connectivity index (χ0v) is 16.8. The minimum atomic E-state index is -0.663. The van der Waals surface area contributed by atoms with Crippen molar-refractivity contribution in [3.8, 4) is 16.3 Å². The van der Waals surface area contributed by atoms with Crippen LogP contribution in [0, 0.1) is 5.82 Å². The van der Waals surface area contributed by atoms with Gasteiger partial charge in [-0.2, -0.15) is 0 Å². The third-order valence-corrected chi connectivity index (χ3v) is 5.95. The normalized spacial score (nSPS) is 14.2. The van der Waals surface area contributed by atoms with E-state index in [1.165, 1.54) is 17.4 Å². The van der Waals surface area contributed by atoms with Gasteiger partial charge in [-0.3, -0.25) is 9.79 Å². The molecule has 1 aliphatic rings. The van der Waals surface area contributed by atoms with Crippen molar-refractivity contribution in [3.63, 3.8) is 0 Å². The van der Waals surface area contributed by atoms with Crippen LogP contribution in [-0.4, -0.2) is 33.4 Å². The van der Waals surface area contributed by atoms with Gasteiger partial charge >= 0.3 is 0 Å². The number of carbonyl (C=O) groups is 1. The number of hydrogen-bond donors (Lipinski definition) is 3. The fourth-order valence-corrected chi connectivity index (χ4v) is 4.12. The van der Waals surface area contributed by atoms with E-state index >= 15 is 0 Å². The Morgan fingerprint density at radius 2 is 2.11 bits per heavy atom. The van der Waals surface area contributed by atoms with Crippen molar-refractivity contribution in [2.24, 2.45) is 4.99 Å². The summed E-state index contributed by atoms with van der Waals surface area (Å²) in [6.45, 7) is 6.07. The molecule has 1 aromatic heterocycles. The van der Waals surface area contributed by atoms with Gasteiger partial charge in [0.25, 0.3) is 5.91 Å². The molecule has 0 saturated heterocycles. The summed E-state index contributed by atoms with van der Waals surface area (Å²) in [7, 11) is 0. The Morgan fingerprint density at radius 3 is 2.71 bits per heavy atom. The molecule has 1 aliphatic heterocycles. The number of aromatic nitrogens is 1. The van der Waals surface area contributed by atoms with Crippen molar-refractivity contribution in [1.82, 2.24) is 10.3 Å². The number of halogens is 1. The zero-order chi connectivity index (χ0) is 20.4. The van der Waals surface area contributed by atoms with Gasteiger partial charge in [-0.05, 0) is 44.4 Å². The number of phenolic OH excluding ortho intramolecular Hbond substituents is 1.